The zero-order valence-corrected chi connectivity index (χ0v) is 21.2. The number of hydrogen-bond acceptors (Lipinski definition) is 5. The molecule has 0 spiro atoms. The quantitative estimate of drug-likeness (QED) is 0.502. The Balaban J connectivity index is 1.30. The van der Waals surface area contributed by atoms with E-state index in [4.69, 9.17) is 16.0 Å². The molecule has 0 saturated carbocycles. The number of piperazine rings is 1. The Morgan fingerprint density at radius 2 is 1.88 bits per heavy atom. The number of nitrogens with zero attached hydrogens (tertiary/aromatic N) is 4. The maximum Gasteiger partial charge on any atom is 0.223 e. The van der Waals surface area contributed by atoms with E-state index in [1.165, 1.54) is 21.2 Å². The Kier molecular flexibility index (Phi) is 6.10. The van der Waals surface area contributed by atoms with Crippen LogP contribution in [0.25, 0.3) is 10.1 Å². The second kappa shape index (κ2) is 8.90. The van der Waals surface area contributed by atoms with Gasteiger partial charge in [0.2, 0.25) is 5.91 Å². The molecule has 174 valence electrons. The van der Waals surface area contributed by atoms with Crippen molar-refractivity contribution < 1.29 is 4.79 Å². The van der Waals surface area contributed by atoms with Crippen molar-refractivity contribution >= 4 is 50.6 Å². The Morgan fingerprint density at radius 3 is 2.64 bits per heavy atom. The molecular formula is C26H31ClN4OS. The Hall–Kier alpha value is -2.15. The van der Waals surface area contributed by atoms with Gasteiger partial charge in [-0.1, -0.05) is 37.6 Å². The van der Waals surface area contributed by atoms with E-state index < -0.39 is 0 Å². The lowest BCUT2D eigenvalue weighted by molar-refractivity contribution is -0.116. The molecule has 5 nitrogen and oxygen atoms in total. The number of aromatic nitrogens is 1. The number of halogens is 1. The second-order valence-corrected chi connectivity index (χ2v) is 11.1. The van der Waals surface area contributed by atoms with Gasteiger partial charge in [0.25, 0.3) is 0 Å². The first-order valence-corrected chi connectivity index (χ1v) is 12.9. The minimum Gasteiger partial charge on any atom is -0.353 e. The van der Waals surface area contributed by atoms with E-state index in [2.05, 4.69) is 60.0 Å². The zero-order valence-electron chi connectivity index (χ0n) is 19.6. The molecule has 0 radical (unpaired) electrons. The minimum absolute atomic E-state index is 0.0167. The summed E-state index contributed by atoms with van der Waals surface area (Å²) in [6.07, 6.45) is 1.84. The number of hydrogen-bond donors (Lipinski definition) is 0. The third-order valence-electron chi connectivity index (χ3n) is 7.22. The van der Waals surface area contributed by atoms with Crippen LogP contribution in [0.2, 0.25) is 5.02 Å². The second-order valence-electron chi connectivity index (χ2n) is 9.85. The molecule has 3 heterocycles. The van der Waals surface area contributed by atoms with Crippen LogP contribution in [-0.2, 0) is 16.6 Å². The molecule has 1 fully saturated rings. The van der Waals surface area contributed by atoms with Gasteiger partial charge in [-0.05, 0) is 65.2 Å². The van der Waals surface area contributed by atoms with Crippen molar-refractivity contribution in [2.24, 2.45) is 0 Å². The van der Waals surface area contributed by atoms with Crippen molar-refractivity contribution in [2.45, 2.75) is 39.0 Å². The van der Waals surface area contributed by atoms with Crippen LogP contribution in [0.3, 0.4) is 0 Å². The highest BCUT2D eigenvalue weighted by molar-refractivity contribution is 7.13. The van der Waals surface area contributed by atoms with Crippen LogP contribution in [0.5, 0.6) is 0 Å². The molecule has 1 amide bonds. The molecule has 0 bridgehead atoms. The molecule has 3 aromatic rings. The van der Waals surface area contributed by atoms with E-state index in [9.17, 15) is 4.79 Å². The number of rotatable bonds is 4. The SMILES string of the molecule is CC(=O)N1CCC(C)(C)c2cc(Cl)cc(CCN3CCN(c4nsc5ccccc45)CC3)c21. The van der Waals surface area contributed by atoms with Crippen LogP contribution in [0.1, 0.15) is 38.3 Å². The van der Waals surface area contributed by atoms with Crippen molar-refractivity contribution in [3.63, 3.8) is 0 Å². The third-order valence-corrected chi connectivity index (χ3v) is 8.26. The van der Waals surface area contributed by atoms with Gasteiger partial charge < -0.3 is 9.80 Å². The Bertz CT molecular complexity index is 1180. The van der Waals surface area contributed by atoms with Gasteiger partial charge in [0.05, 0.1) is 10.4 Å². The molecular weight excluding hydrogens is 452 g/mol. The molecule has 5 rings (SSSR count). The summed E-state index contributed by atoms with van der Waals surface area (Å²) in [5.41, 5.74) is 3.50. The Morgan fingerprint density at radius 1 is 1.12 bits per heavy atom. The predicted molar refractivity (Wildman–Crippen MR) is 139 cm³/mol. The zero-order chi connectivity index (χ0) is 23.2. The van der Waals surface area contributed by atoms with Crippen molar-refractivity contribution in [1.29, 1.82) is 0 Å². The van der Waals surface area contributed by atoms with Gasteiger partial charge in [-0.25, -0.2) is 0 Å². The van der Waals surface area contributed by atoms with E-state index in [0.717, 1.165) is 68.6 Å². The summed E-state index contributed by atoms with van der Waals surface area (Å²) in [6, 6.07) is 12.6. The van der Waals surface area contributed by atoms with E-state index in [1.807, 2.05) is 4.90 Å². The van der Waals surface area contributed by atoms with Crippen LogP contribution in [0.15, 0.2) is 36.4 Å². The molecule has 0 atom stereocenters. The highest BCUT2D eigenvalue weighted by atomic mass is 35.5. The molecule has 7 heteroatoms. The minimum atomic E-state index is 0.0167. The first-order valence-electron chi connectivity index (χ1n) is 11.8. The number of fused-ring (bicyclic) bond motifs is 2. The van der Waals surface area contributed by atoms with Crippen molar-refractivity contribution in [3.05, 3.63) is 52.5 Å². The van der Waals surface area contributed by atoms with Crippen molar-refractivity contribution in [1.82, 2.24) is 9.27 Å². The smallest absolute Gasteiger partial charge is 0.223 e. The average Bonchev–Trinajstić information content (AvgIpc) is 3.22. The van der Waals surface area contributed by atoms with Gasteiger partial charge in [-0.2, -0.15) is 4.37 Å². The monoisotopic (exact) mass is 482 g/mol. The standard InChI is InChI=1S/C26H31ClN4OS/c1-18(32)31-11-9-26(2,3)22-17-20(27)16-19(24(22)31)8-10-29-12-14-30(15-13-29)25-21-6-4-5-7-23(21)33-28-25/h4-7,16-17H,8-15H2,1-3H3. The summed E-state index contributed by atoms with van der Waals surface area (Å²) >= 11 is 8.13. The topological polar surface area (TPSA) is 39.7 Å². The molecule has 0 N–H and O–H groups in total. The van der Waals surface area contributed by atoms with Crippen LogP contribution >= 0.6 is 23.1 Å². The largest absolute Gasteiger partial charge is 0.353 e. The van der Waals surface area contributed by atoms with Crippen LogP contribution in [0.4, 0.5) is 11.5 Å². The molecule has 1 saturated heterocycles. The normalized spacial score (nSPS) is 18.5. The Labute approximate surface area is 205 Å². The number of anilines is 2. The highest BCUT2D eigenvalue weighted by Gasteiger charge is 2.35. The molecule has 2 aliphatic rings. The van der Waals surface area contributed by atoms with E-state index in [-0.39, 0.29) is 11.3 Å². The number of carbonyl (C=O) groups is 1. The molecule has 0 aliphatic carbocycles. The first-order chi connectivity index (χ1) is 15.8. The summed E-state index contributed by atoms with van der Waals surface area (Å²) in [4.78, 5) is 19.3. The average molecular weight is 483 g/mol. The van der Waals surface area contributed by atoms with E-state index in [0.29, 0.717) is 0 Å². The number of amides is 1. The lowest BCUT2D eigenvalue weighted by atomic mass is 9.76. The van der Waals surface area contributed by atoms with Crippen LogP contribution in [0, 0.1) is 0 Å². The maximum absolute atomic E-state index is 12.4. The number of benzene rings is 2. The summed E-state index contributed by atoms with van der Waals surface area (Å²) in [6.45, 7) is 11.9. The maximum atomic E-state index is 12.4. The molecule has 33 heavy (non-hydrogen) atoms. The summed E-state index contributed by atoms with van der Waals surface area (Å²) < 4.78 is 5.98. The summed E-state index contributed by atoms with van der Waals surface area (Å²) in [5, 5.41) is 2.02. The summed E-state index contributed by atoms with van der Waals surface area (Å²) in [5.74, 6) is 1.23. The van der Waals surface area contributed by atoms with Crippen LogP contribution < -0.4 is 9.80 Å². The fourth-order valence-electron chi connectivity index (χ4n) is 5.20. The fraction of sp³-hybridized carbons (Fsp3) is 0.462. The van der Waals surface area contributed by atoms with Gasteiger partial charge in [0.1, 0.15) is 5.82 Å². The van der Waals surface area contributed by atoms with E-state index in [1.54, 1.807) is 18.5 Å². The third kappa shape index (κ3) is 4.36. The van der Waals surface area contributed by atoms with Crippen molar-refractivity contribution in [2.75, 3.05) is 49.1 Å². The fourth-order valence-corrected chi connectivity index (χ4v) is 6.23. The van der Waals surface area contributed by atoms with Gasteiger partial charge >= 0.3 is 0 Å². The van der Waals surface area contributed by atoms with Crippen molar-refractivity contribution in [3.8, 4) is 0 Å². The molecule has 1 aromatic heterocycles. The van der Waals surface area contributed by atoms with Crippen LogP contribution in [-0.4, -0.2) is 54.4 Å². The summed E-state index contributed by atoms with van der Waals surface area (Å²) in [7, 11) is 0. The van der Waals surface area contributed by atoms with Gasteiger partial charge in [-0.15, -0.1) is 0 Å². The predicted octanol–water partition coefficient (Wildman–Crippen LogP) is 5.35. The lowest BCUT2D eigenvalue weighted by Gasteiger charge is -2.40. The lowest BCUT2D eigenvalue weighted by Crippen LogP contribution is -2.47. The number of carbonyl (C=O) groups excluding carboxylic acids is 1. The van der Waals surface area contributed by atoms with E-state index >= 15 is 0 Å². The molecule has 2 aliphatic heterocycles. The van der Waals surface area contributed by atoms with Gasteiger partial charge in [0, 0.05) is 56.6 Å². The first kappa shape index (κ1) is 22.6. The highest BCUT2D eigenvalue weighted by Crippen LogP contribution is 2.43. The molecule has 2 aromatic carbocycles. The van der Waals surface area contributed by atoms with Gasteiger partial charge in [0.15, 0.2) is 0 Å². The molecule has 0 unspecified atom stereocenters. The van der Waals surface area contributed by atoms with Gasteiger partial charge in [-0.3, -0.25) is 9.69 Å².